The lowest BCUT2D eigenvalue weighted by Gasteiger charge is -2.32. The van der Waals surface area contributed by atoms with Gasteiger partial charge in [0, 0.05) is 57.2 Å². The number of piperazine rings is 1. The number of carbonyl (C=O) groups is 1. The van der Waals surface area contributed by atoms with E-state index in [0.29, 0.717) is 18.9 Å². The Morgan fingerprint density at radius 1 is 1.13 bits per heavy atom. The molecule has 1 N–H and O–H groups in total. The van der Waals surface area contributed by atoms with Crippen LogP contribution in [0.2, 0.25) is 0 Å². The first-order valence-corrected chi connectivity index (χ1v) is 10.7. The largest absolute Gasteiger partial charge is 0.492 e. The number of carbonyl (C=O) groups excluding carboxylic acids is 1. The average molecular weight is 416 g/mol. The zero-order chi connectivity index (χ0) is 21.3. The van der Waals surface area contributed by atoms with Crippen molar-refractivity contribution in [1.82, 2.24) is 19.6 Å². The van der Waals surface area contributed by atoms with Gasteiger partial charge in [0.2, 0.25) is 0 Å². The molecule has 0 aliphatic carbocycles. The highest BCUT2D eigenvalue weighted by molar-refractivity contribution is 5.86. The van der Waals surface area contributed by atoms with E-state index < -0.39 is 6.09 Å². The van der Waals surface area contributed by atoms with Crippen molar-refractivity contribution in [3.8, 4) is 17.0 Å². The second-order valence-electron chi connectivity index (χ2n) is 7.66. The van der Waals surface area contributed by atoms with Crippen LogP contribution in [0.25, 0.3) is 11.3 Å². The minimum Gasteiger partial charge on any atom is -0.492 e. The number of aryl methyl sites for hydroxylation is 1. The molecule has 30 heavy (non-hydrogen) atoms. The van der Waals surface area contributed by atoms with E-state index in [9.17, 15) is 4.79 Å². The lowest BCUT2D eigenvalue weighted by Crippen LogP contribution is -2.45. The van der Waals surface area contributed by atoms with Crippen molar-refractivity contribution >= 4 is 11.8 Å². The number of anilines is 1. The van der Waals surface area contributed by atoms with Gasteiger partial charge in [-0.2, -0.15) is 5.10 Å². The van der Waals surface area contributed by atoms with Crippen LogP contribution in [0.4, 0.5) is 10.5 Å². The Hall–Kier alpha value is -2.58. The summed E-state index contributed by atoms with van der Waals surface area (Å²) in [5, 5.41) is 7.07. The Kier molecular flexibility index (Phi) is 8.10. The molecule has 1 saturated heterocycles. The maximum Gasteiger partial charge on any atom is 0.411 e. The molecule has 1 amide bonds. The molecule has 1 aromatic carbocycles. The van der Waals surface area contributed by atoms with Crippen molar-refractivity contribution in [3.63, 3.8) is 0 Å². The van der Waals surface area contributed by atoms with Gasteiger partial charge in [0.15, 0.2) is 0 Å². The van der Waals surface area contributed by atoms with Crippen molar-refractivity contribution < 1.29 is 14.3 Å². The number of nitrogens with one attached hydrogen (secondary N) is 1. The van der Waals surface area contributed by atoms with Gasteiger partial charge in [-0.1, -0.05) is 13.3 Å². The maximum absolute atomic E-state index is 12.0. The van der Waals surface area contributed by atoms with Gasteiger partial charge in [-0.25, -0.2) is 4.79 Å². The normalized spacial score (nSPS) is 15.2. The number of benzene rings is 1. The van der Waals surface area contributed by atoms with Gasteiger partial charge in [0.1, 0.15) is 12.4 Å². The zero-order valence-electron chi connectivity index (χ0n) is 18.3. The van der Waals surface area contributed by atoms with Crippen LogP contribution in [0.1, 0.15) is 19.8 Å². The van der Waals surface area contributed by atoms with E-state index in [1.807, 2.05) is 31.3 Å². The van der Waals surface area contributed by atoms with Crippen LogP contribution in [0.3, 0.4) is 0 Å². The number of nitrogens with zero attached hydrogens (tertiary/aromatic N) is 4. The fraction of sp³-hybridized carbons (Fsp3) is 0.545. The van der Waals surface area contributed by atoms with Crippen LogP contribution in [0.5, 0.6) is 5.75 Å². The Bertz CT molecular complexity index is 815. The van der Waals surface area contributed by atoms with Gasteiger partial charge in [0.25, 0.3) is 0 Å². The highest BCUT2D eigenvalue weighted by Gasteiger charge is 2.16. The molecular formula is C22H33N5O3. The molecule has 2 heterocycles. The molecule has 3 rings (SSSR count). The van der Waals surface area contributed by atoms with Crippen molar-refractivity contribution in [3.05, 3.63) is 30.5 Å². The first-order chi connectivity index (χ1) is 14.6. The minimum absolute atomic E-state index is 0.421. The van der Waals surface area contributed by atoms with Crippen LogP contribution in [0.15, 0.2) is 30.5 Å². The molecule has 0 bridgehead atoms. The van der Waals surface area contributed by atoms with E-state index in [2.05, 4.69) is 34.2 Å². The van der Waals surface area contributed by atoms with Crippen molar-refractivity contribution in [2.45, 2.75) is 19.8 Å². The first-order valence-electron chi connectivity index (χ1n) is 10.7. The molecule has 0 atom stereocenters. The van der Waals surface area contributed by atoms with Crippen molar-refractivity contribution in [1.29, 1.82) is 0 Å². The molecule has 164 valence electrons. The lowest BCUT2D eigenvalue weighted by atomic mass is 10.1. The van der Waals surface area contributed by atoms with E-state index in [-0.39, 0.29) is 0 Å². The third-order valence-electron chi connectivity index (χ3n) is 5.31. The van der Waals surface area contributed by atoms with Crippen molar-refractivity contribution in [2.75, 3.05) is 58.3 Å². The van der Waals surface area contributed by atoms with E-state index in [1.165, 1.54) is 0 Å². The molecule has 2 aromatic rings. The van der Waals surface area contributed by atoms with Crippen LogP contribution in [-0.4, -0.2) is 78.7 Å². The molecule has 8 nitrogen and oxygen atoms in total. The zero-order valence-corrected chi connectivity index (χ0v) is 18.3. The first kappa shape index (κ1) is 22.1. The summed E-state index contributed by atoms with van der Waals surface area (Å²) in [5.41, 5.74) is 2.48. The summed E-state index contributed by atoms with van der Waals surface area (Å²) in [6.45, 7) is 8.30. The molecule has 1 aromatic heterocycles. The van der Waals surface area contributed by atoms with Crippen LogP contribution in [0, 0.1) is 0 Å². The lowest BCUT2D eigenvalue weighted by molar-refractivity contribution is 0.134. The average Bonchev–Trinajstić information content (AvgIpc) is 3.16. The summed E-state index contributed by atoms with van der Waals surface area (Å²) < 4.78 is 13.1. The summed E-state index contributed by atoms with van der Waals surface area (Å²) in [6.07, 6.45) is 3.15. The molecule has 1 aliphatic rings. The Morgan fingerprint density at radius 2 is 1.93 bits per heavy atom. The molecule has 0 spiro atoms. The van der Waals surface area contributed by atoms with Gasteiger partial charge < -0.3 is 14.4 Å². The highest BCUT2D eigenvalue weighted by Crippen LogP contribution is 2.32. The topological polar surface area (TPSA) is 71.9 Å². The summed E-state index contributed by atoms with van der Waals surface area (Å²) in [5.74, 6) is 0.776. The fourth-order valence-electron chi connectivity index (χ4n) is 3.39. The van der Waals surface area contributed by atoms with E-state index in [1.54, 1.807) is 10.9 Å². The number of amides is 1. The third kappa shape index (κ3) is 6.21. The van der Waals surface area contributed by atoms with Gasteiger partial charge in [-0.05, 0) is 37.7 Å². The van der Waals surface area contributed by atoms with E-state index >= 15 is 0 Å². The number of ether oxygens (including phenoxy) is 2. The second kappa shape index (κ2) is 11.0. The number of unbranched alkanes of at least 4 members (excludes halogenated alkanes) is 1. The summed E-state index contributed by atoms with van der Waals surface area (Å²) >= 11 is 0. The van der Waals surface area contributed by atoms with Gasteiger partial charge in [-0.15, -0.1) is 0 Å². The molecular weight excluding hydrogens is 382 g/mol. The number of aromatic nitrogens is 2. The van der Waals surface area contributed by atoms with Crippen LogP contribution >= 0.6 is 0 Å². The second-order valence-corrected chi connectivity index (χ2v) is 7.66. The highest BCUT2D eigenvalue weighted by atomic mass is 16.5. The van der Waals surface area contributed by atoms with Gasteiger partial charge in [0.05, 0.1) is 12.3 Å². The van der Waals surface area contributed by atoms with E-state index in [4.69, 9.17) is 9.47 Å². The summed E-state index contributed by atoms with van der Waals surface area (Å²) in [7, 11) is 4.05. The summed E-state index contributed by atoms with van der Waals surface area (Å²) in [4.78, 5) is 16.8. The predicted molar refractivity (Wildman–Crippen MR) is 118 cm³/mol. The molecule has 1 aliphatic heterocycles. The van der Waals surface area contributed by atoms with Gasteiger partial charge >= 0.3 is 6.09 Å². The predicted octanol–water partition coefficient (Wildman–Crippen LogP) is 3.06. The number of likely N-dealkylation sites (N-methyl/N-ethyl adjacent to an activating group) is 1. The van der Waals surface area contributed by atoms with Crippen molar-refractivity contribution in [2.24, 2.45) is 7.05 Å². The quantitative estimate of drug-likeness (QED) is 0.635. The van der Waals surface area contributed by atoms with E-state index in [0.717, 1.165) is 62.6 Å². The van der Waals surface area contributed by atoms with Crippen LogP contribution in [-0.2, 0) is 11.8 Å². The molecule has 0 saturated carbocycles. The number of rotatable bonds is 9. The Balaban J connectivity index is 1.66. The fourth-order valence-corrected chi connectivity index (χ4v) is 3.39. The maximum atomic E-state index is 12.0. The molecule has 8 heteroatoms. The minimum atomic E-state index is -0.442. The van der Waals surface area contributed by atoms with Gasteiger partial charge in [-0.3, -0.25) is 14.9 Å². The monoisotopic (exact) mass is 415 g/mol. The molecule has 0 unspecified atom stereocenters. The molecule has 0 radical (unpaired) electrons. The number of hydrogen-bond donors (Lipinski definition) is 1. The standard InChI is InChI=1S/C22H33N5O3/c1-4-5-15-30-22(28)24-18-6-7-21(19(17-18)20-8-9-23-26(20)3)29-16-14-27-12-10-25(2)11-13-27/h6-9,17H,4-5,10-16H2,1-3H3,(H,24,28). The Morgan fingerprint density at radius 3 is 2.63 bits per heavy atom. The molecule has 1 fully saturated rings. The SMILES string of the molecule is CCCCOC(=O)Nc1ccc(OCCN2CCN(C)CC2)c(-c2ccnn2C)c1. The number of hydrogen-bond acceptors (Lipinski definition) is 6. The van der Waals surface area contributed by atoms with Crippen LogP contribution < -0.4 is 10.1 Å². The smallest absolute Gasteiger partial charge is 0.411 e. The summed E-state index contributed by atoms with van der Waals surface area (Å²) in [6, 6.07) is 7.58. The third-order valence-corrected chi connectivity index (χ3v) is 5.31. The Labute approximate surface area is 178 Å².